The minimum Gasteiger partial charge on any atom is -0.481 e. The first kappa shape index (κ1) is 15.4. The Morgan fingerprint density at radius 1 is 1.13 bits per heavy atom. The van der Waals surface area contributed by atoms with Crippen LogP contribution in [0.5, 0.6) is 0 Å². The fourth-order valence-electron chi connectivity index (χ4n) is 2.27. The number of thiazole rings is 1. The Balaban J connectivity index is 2.04. The topological polar surface area (TPSA) is 50.2 Å². The Hall–Kier alpha value is -2.53. The van der Waals surface area contributed by atoms with E-state index in [-0.39, 0.29) is 12.2 Å². The summed E-state index contributed by atoms with van der Waals surface area (Å²) < 4.78 is 14.9. The monoisotopic (exact) mass is 327 g/mol. The lowest BCUT2D eigenvalue weighted by atomic mass is 10.1. The predicted molar refractivity (Wildman–Crippen MR) is 90.8 cm³/mol. The van der Waals surface area contributed by atoms with Crippen LogP contribution >= 0.6 is 11.3 Å². The van der Waals surface area contributed by atoms with Crippen LogP contribution in [0.3, 0.4) is 0 Å². The van der Waals surface area contributed by atoms with Gasteiger partial charge in [-0.1, -0.05) is 30.3 Å². The molecule has 5 heteroatoms. The molecule has 1 aromatic heterocycles. The van der Waals surface area contributed by atoms with E-state index in [1.165, 1.54) is 17.4 Å². The molecule has 0 aliphatic heterocycles. The summed E-state index contributed by atoms with van der Waals surface area (Å²) in [7, 11) is 0. The molecule has 23 heavy (non-hydrogen) atoms. The molecule has 0 atom stereocenters. The molecule has 1 N–H and O–H groups in total. The summed E-state index contributed by atoms with van der Waals surface area (Å²) >= 11 is 1.49. The molecule has 0 amide bonds. The first-order valence-corrected chi connectivity index (χ1v) is 7.98. The fourth-order valence-corrected chi connectivity index (χ4v) is 3.28. The average molecular weight is 327 g/mol. The van der Waals surface area contributed by atoms with Crippen molar-refractivity contribution in [1.82, 2.24) is 4.98 Å². The molecule has 0 bridgehead atoms. The number of nitrogens with zero attached hydrogens (tertiary/aromatic N) is 1. The fraction of sp³-hybridized carbons (Fsp3) is 0.111. The van der Waals surface area contributed by atoms with Crippen molar-refractivity contribution in [2.24, 2.45) is 0 Å². The molecule has 3 nitrogen and oxygen atoms in total. The third-order valence-electron chi connectivity index (χ3n) is 3.41. The highest BCUT2D eigenvalue weighted by Gasteiger charge is 2.12. The van der Waals surface area contributed by atoms with Gasteiger partial charge in [-0.05, 0) is 36.3 Å². The predicted octanol–water partition coefficient (Wildman–Crippen LogP) is 4.84. The van der Waals surface area contributed by atoms with Crippen molar-refractivity contribution in [3.8, 4) is 0 Å². The summed E-state index contributed by atoms with van der Waals surface area (Å²) in [5.41, 5.74) is 2.04. The molecule has 2 aromatic carbocycles. The second-order valence-electron chi connectivity index (χ2n) is 5.07. The van der Waals surface area contributed by atoms with Gasteiger partial charge >= 0.3 is 5.97 Å². The van der Waals surface area contributed by atoms with Gasteiger partial charge in [0.2, 0.25) is 0 Å². The van der Waals surface area contributed by atoms with Crippen LogP contribution in [0.2, 0.25) is 0 Å². The molecular formula is C18H14FNO2S. The van der Waals surface area contributed by atoms with E-state index in [1.54, 1.807) is 24.3 Å². The summed E-state index contributed by atoms with van der Waals surface area (Å²) in [4.78, 5) is 15.5. The zero-order valence-corrected chi connectivity index (χ0v) is 13.0. The second kappa shape index (κ2) is 6.71. The van der Waals surface area contributed by atoms with Gasteiger partial charge in [0, 0.05) is 12.0 Å². The first-order valence-electron chi connectivity index (χ1n) is 7.16. The lowest BCUT2D eigenvalue weighted by molar-refractivity contribution is -0.136. The van der Waals surface area contributed by atoms with Gasteiger partial charge in [0.1, 0.15) is 10.8 Å². The summed E-state index contributed by atoms with van der Waals surface area (Å²) in [5, 5.41) is 9.68. The van der Waals surface area contributed by atoms with E-state index in [2.05, 4.69) is 4.98 Å². The van der Waals surface area contributed by atoms with Gasteiger partial charge in [-0.25, -0.2) is 9.37 Å². The number of aliphatic carboxylic acids is 1. The van der Waals surface area contributed by atoms with Gasteiger partial charge in [0.05, 0.1) is 10.2 Å². The summed E-state index contributed by atoms with van der Waals surface area (Å²) in [6.07, 6.45) is 1.98. The zero-order valence-electron chi connectivity index (χ0n) is 12.2. The van der Waals surface area contributed by atoms with Gasteiger partial charge in [-0.2, -0.15) is 0 Å². The number of halogens is 1. The van der Waals surface area contributed by atoms with Crippen LogP contribution in [0, 0.1) is 5.82 Å². The molecule has 0 fully saturated rings. The van der Waals surface area contributed by atoms with Gasteiger partial charge < -0.3 is 5.11 Å². The molecule has 0 aliphatic carbocycles. The van der Waals surface area contributed by atoms with Crippen LogP contribution in [0.4, 0.5) is 4.39 Å². The van der Waals surface area contributed by atoms with Crippen molar-refractivity contribution in [2.75, 3.05) is 0 Å². The van der Waals surface area contributed by atoms with Crippen LogP contribution in [0.1, 0.15) is 23.4 Å². The second-order valence-corrected chi connectivity index (χ2v) is 6.10. The normalized spacial score (nSPS) is 11.8. The van der Waals surface area contributed by atoms with Crippen molar-refractivity contribution in [1.29, 1.82) is 0 Å². The van der Waals surface area contributed by atoms with E-state index in [0.29, 0.717) is 12.0 Å². The maximum absolute atomic E-state index is 13.9. The molecule has 0 spiro atoms. The molecule has 3 aromatic rings. The van der Waals surface area contributed by atoms with Crippen molar-refractivity contribution < 1.29 is 14.3 Å². The first-order chi connectivity index (χ1) is 11.1. The lowest BCUT2D eigenvalue weighted by Gasteiger charge is -2.04. The Labute approximate surface area is 136 Å². The summed E-state index contributed by atoms with van der Waals surface area (Å²) in [5.74, 6) is -1.22. The minimum absolute atomic E-state index is 0.0176. The number of hydrogen-bond acceptors (Lipinski definition) is 3. The molecule has 0 saturated carbocycles. The lowest BCUT2D eigenvalue weighted by Crippen LogP contribution is -1.96. The third kappa shape index (κ3) is 3.63. The third-order valence-corrected chi connectivity index (χ3v) is 4.52. The van der Waals surface area contributed by atoms with Gasteiger partial charge in [0.15, 0.2) is 0 Å². The maximum Gasteiger partial charge on any atom is 0.303 e. The smallest absolute Gasteiger partial charge is 0.303 e. The molecule has 0 saturated heterocycles. The molecule has 0 aliphatic rings. The van der Waals surface area contributed by atoms with Gasteiger partial charge in [-0.15, -0.1) is 11.3 Å². The van der Waals surface area contributed by atoms with Gasteiger partial charge in [-0.3, -0.25) is 4.79 Å². The van der Waals surface area contributed by atoms with Crippen LogP contribution in [-0.2, 0) is 4.79 Å². The Morgan fingerprint density at radius 3 is 2.61 bits per heavy atom. The minimum atomic E-state index is -0.884. The number of rotatable bonds is 5. The number of aromatic nitrogens is 1. The molecule has 0 radical (unpaired) electrons. The molecule has 3 rings (SSSR count). The van der Waals surface area contributed by atoms with E-state index in [1.807, 2.05) is 24.3 Å². The number of benzene rings is 2. The Kier molecular flexibility index (Phi) is 4.48. The standard InChI is InChI=1S/C18H14FNO2S/c19-14-6-2-1-5-12(14)11-13(9-10-17(21)22)18-20-15-7-3-4-8-16(15)23-18/h1-8,11H,9-10H2,(H,21,22)/b13-11+. The van der Waals surface area contributed by atoms with E-state index in [0.717, 1.165) is 20.8 Å². The van der Waals surface area contributed by atoms with Crippen molar-refractivity contribution in [3.05, 3.63) is 64.9 Å². The van der Waals surface area contributed by atoms with Crippen molar-refractivity contribution in [2.45, 2.75) is 12.8 Å². The van der Waals surface area contributed by atoms with E-state index < -0.39 is 5.97 Å². The zero-order chi connectivity index (χ0) is 16.2. The SMILES string of the molecule is O=C(O)CC/C(=C\c1ccccc1F)c1nc2ccccc2s1. The quantitative estimate of drug-likeness (QED) is 0.729. The van der Waals surface area contributed by atoms with E-state index >= 15 is 0 Å². The number of fused-ring (bicyclic) bond motifs is 1. The molecular weight excluding hydrogens is 313 g/mol. The average Bonchev–Trinajstić information content (AvgIpc) is 2.96. The number of hydrogen-bond donors (Lipinski definition) is 1. The summed E-state index contributed by atoms with van der Waals surface area (Å²) in [6.45, 7) is 0. The molecule has 1 heterocycles. The number of para-hydroxylation sites is 1. The highest BCUT2D eigenvalue weighted by Crippen LogP contribution is 2.31. The number of carboxylic acid groups (broad SMARTS) is 1. The van der Waals surface area contributed by atoms with Gasteiger partial charge in [0.25, 0.3) is 0 Å². The molecule has 116 valence electrons. The largest absolute Gasteiger partial charge is 0.481 e. The summed E-state index contributed by atoms with van der Waals surface area (Å²) in [6, 6.07) is 14.2. The Bertz CT molecular complexity index is 852. The highest BCUT2D eigenvalue weighted by atomic mass is 32.1. The van der Waals surface area contributed by atoms with Crippen molar-refractivity contribution in [3.63, 3.8) is 0 Å². The van der Waals surface area contributed by atoms with E-state index in [9.17, 15) is 9.18 Å². The number of carboxylic acids is 1. The number of carbonyl (C=O) groups is 1. The highest BCUT2D eigenvalue weighted by molar-refractivity contribution is 7.19. The maximum atomic E-state index is 13.9. The molecule has 0 unspecified atom stereocenters. The number of allylic oxidation sites excluding steroid dienone is 1. The van der Waals surface area contributed by atoms with Crippen LogP contribution in [0.25, 0.3) is 21.9 Å². The van der Waals surface area contributed by atoms with Crippen molar-refractivity contribution >= 4 is 39.2 Å². The Morgan fingerprint density at radius 2 is 1.87 bits per heavy atom. The van der Waals surface area contributed by atoms with E-state index in [4.69, 9.17) is 5.11 Å². The van der Waals surface area contributed by atoms with Crippen LogP contribution in [-0.4, -0.2) is 16.1 Å². The van der Waals surface area contributed by atoms with Crippen LogP contribution < -0.4 is 0 Å². The van der Waals surface area contributed by atoms with Crippen LogP contribution in [0.15, 0.2) is 48.5 Å².